The fourth-order valence-electron chi connectivity index (χ4n) is 3.41. The van der Waals surface area contributed by atoms with E-state index in [1.54, 1.807) is 38.1 Å². The van der Waals surface area contributed by atoms with Gasteiger partial charge < -0.3 is 14.6 Å². The molecule has 0 amide bonds. The molecule has 0 bridgehead atoms. The summed E-state index contributed by atoms with van der Waals surface area (Å²) in [6.07, 6.45) is 0. The molecule has 0 spiro atoms. The van der Waals surface area contributed by atoms with Crippen LogP contribution in [0, 0.1) is 17.3 Å². The van der Waals surface area contributed by atoms with Crippen LogP contribution in [0.5, 0.6) is 11.5 Å². The first-order valence-corrected chi connectivity index (χ1v) is 10.2. The number of esters is 1. The lowest BCUT2D eigenvalue weighted by Crippen LogP contribution is -2.25. The molecule has 2 aromatic rings. The average Bonchev–Trinajstić information content (AvgIpc) is 3.21. The first-order valence-electron chi connectivity index (χ1n) is 8.73. The van der Waals surface area contributed by atoms with Crippen LogP contribution in [0.3, 0.4) is 0 Å². The number of hydrogen-bond donors (Lipinski definition) is 2. The van der Waals surface area contributed by atoms with E-state index in [0.717, 1.165) is 0 Å². The smallest absolute Gasteiger partial charge is 0.310 e. The highest BCUT2D eigenvalue weighted by molar-refractivity contribution is 7.86. The highest BCUT2D eigenvalue weighted by Gasteiger charge is 2.67. The van der Waals surface area contributed by atoms with Crippen LogP contribution in [0.25, 0.3) is 0 Å². The van der Waals surface area contributed by atoms with Gasteiger partial charge in [0.25, 0.3) is 10.1 Å². The Balaban J connectivity index is 1.62. The number of rotatable bonds is 7. The van der Waals surface area contributed by atoms with Crippen molar-refractivity contribution >= 4 is 16.1 Å². The molecule has 0 heterocycles. The van der Waals surface area contributed by atoms with E-state index in [9.17, 15) is 18.3 Å². The van der Waals surface area contributed by atoms with Gasteiger partial charge in [0.15, 0.2) is 5.44 Å². The summed E-state index contributed by atoms with van der Waals surface area (Å²) in [7, 11) is -4.65. The molecular formula is C20H22O7S. The normalized spacial score (nSPS) is 21.6. The van der Waals surface area contributed by atoms with E-state index < -0.39 is 38.8 Å². The molecule has 8 heteroatoms. The van der Waals surface area contributed by atoms with Crippen molar-refractivity contribution in [3.05, 3.63) is 60.2 Å². The van der Waals surface area contributed by atoms with Gasteiger partial charge in [-0.05, 0) is 35.2 Å². The average molecular weight is 406 g/mol. The van der Waals surface area contributed by atoms with Crippen LogP contribution in [0.4, 0.5) is 0 Å². The second-order valence-electron chi connectivity index (χ2n) is 7.40. The fraction of sp³-hybridized carbons (Fsp3) is 0.350. The van der Waals surface area contributed by atoms with Gasteiger partial charge in [0.1, 0.15) is 18.1 Å². The van der Waals surface area contributed by atoms with Crippen LogP contribution in [-0.2, 0) is 26.3 Å². The van der Waals surface area contributed by atoms with Crippen LogP contribution >= 0.6 is 0 Å². The molecule has 3 atom stereocenters. The maximum Gasteiger partial charge on any atom is 0.310 e. The highest BCUT2D eigenvalue weighted by atomic mass is 32.2. The van der Waals surface area contributed by atoms with Crippen LogP contribution in [-0.4, -0.2) is 29.5 Å². The molecule has 0 aliphatic heterocycles. The van der Waals surface area contributed by atoms with Gasteiger partial charge >= 0.3 is 5.97 Å². The third-order valence-electron chi connectivity index (χ3n) is 5.04. The number of carbonyl (C=O) groups excluding carboxylic acids is 1. The van der Waals surface area contributed by atoms with Crippen LogP contribution in [0.1, 0.15) is 19.4 Å². The van der Waals surface area contributed by atoms with E-state index in [0.29, 0.717) is 17.1 Å². The number of aliphatic hydroxyl groups excluding tert-OH is 1. The second kappa shape index (κ2) is 7.54. The summed E-state index contributed by atoms with van der Waals surface area (Å²) in [4.78, 5) is 12.4. The zero-order chi connectivity index (χ0) is 20.5. The predicted molar refractivity (Wildman–Crippen MR) is 101 cm³/mol. The summed E-state index contributed by atoms with van der Waals surface area (Å²) < 4.78 is 42.4. The van der Waals surface area contributed by atoms with E-state index in [-0.39, 0.29) is 6.61 Å². The molecule has 28 heavy (non-hydrogen) atoms. The minimum absolute atomic E-state index is 0.0217. The van der Waals surface area contributed by atoms with Gasteiger partial charge in [-0.2, -0.15) is 8.42 Å². The van der Waals surface area contributed by atoms with Crippen LogP contribution in [0.2, 0.25) is 0 Å². The van der Waals surface area contributed by atoms with Crippen molar-refractivity contribution in [2.24, 2.45) is 17.3 Å². The molecule has 3 rings (SSSR count). The van der Waals surface area contributed by atoms with E-state index in [2.05, 4.69) is 0 Å². The zero-order valence-electron chi connectivity index (χ0n) is 15.5. The van der Waals surface area contributed by atoms with Gasteiger partial charge in [-0.15, -0.1) is 0 Å². The van der Waals surface area contributed by atoms with Gasteiger partial charge in [0.05, 0.1) is 5.92 Å². The molecule has 2 N–H and O–H groups in total. The van der Waals surface area contributed by atoms with Crippen molar-refractivity contribution in [3.63, 3.8) is 0 Å². The van der Waals surface area contributed by atoms with Crippen LogP contribution < -0.4 is 4.74 Å². The number of carbonyl (C=O) groups is 1. The molecule has 0 radical (unpaired) electrons. The van der Waals surface area contributed by atoms with Crippen molar-refractivity contribution in [2.45, 2.75) is 25.9 Å². The van der Waals surface area contributed by atoms with Crippen LogP contribution in [0.15, 0.2) is 54.6 Å². The third-order valence-corrected chi connectivity index (χ3v) is 5.94. The lowest BCUT2D eigenvalue weighted by atomic mass is 10.1. The van der Waals surface area contributed by atoms with Gasteiger partial charge in [-0.1, -0.05) is 44.2 Å². The topological polar surface area (TPSA) is 110 Å². The second-order valence-corrected chi connectivity index (χ2v) is 8.91. The maximum atomic E-state index is 12.4. The summed E-state index contributed by atoms with van der Waals surface area (Å²) in [5.74, 6) is -1.08. The summed E-state index contributed by atoms with van der Waals surface area (Å²) in [6.45, 7) is 3.27. The molecule has 3 unspecified atom stereocenters. The van der Waals surface area contributed by atoms with E-state index in [1.165, 1.54) is 0 Å². The molecule has 150 valence electrons. The van der Waals surface area contributed by atoms with Gasteiger partial charge in [-0.3, -0.25) is 9.35 Å². The Morgan fingerprint density at radius 2 is 1.75 bits per heavy atom. The molecule has 2 aromatic carbocycles. The third kappa shape index (κ3) is 4.35. The molecule has 1 aliphatic rings. The lowest BCUT2D eigenvalue weighted by Gasteiger charge is -2.09. The minimum Gasteiger partial charge on any atom is -0.461 e. The Hall–Kier alpha value is -2.42. The monoisotopic (exact) mass is 406 g/mol. The predicted octanol–water partition coefficient (Wildman–Crippen LogP) is 3.00. The quantitative estimate of drug-likeness (QED) is 0.537. The maximum absolute atomic E-state index is 12.4. The fourth-order valence-corrected chi connectivity index (χ4v) is 4.29. The lowest BCUT2D eigenvalue weighted by molar-refractivity contribution is -0.147. The van der Waals surface area contributed by atoms with E-state index in [4.69, 9.17) is 14.0 Å². The summed E-state index contributed by atoms with van der Waals surface area (Å²) in [6, 6.07) is 16.3. The van der Waals surface area contributed by atoms with Crippen molar-refractivity contribution in [1.82, 2.24) is 0 Å². The van der Waals surface area contributed by atoms with Gasteiger partial charge in [0.2, 0.25) is 0 Å². The van der Waals surface area contributed by atoms with Gasteiger partial charge in [-0.25, -0.2) is 0 Å². The highest BCUT2D eigenvalue weighted by Crippen LogP contribution is 2.61. The molecular weight excluding hydrogens is 384 g/mol. The van der Waals surface area contributed by atoms with E-state index >= 15 is 0 Å². The zero-order valence-corrected chi connectivity index (χ0v) is 16.3. The molecule has 1 aliphatic carbocycles. The van der Waals surface area contributed by atoms with Gasteiger partial charge in [0, 0.05) is 5.92 Å². The number of ether oxygens (including phenoxy) is 2. The number of para-hydroxylation sites is 1. The number of benzene rings is 2. The van der Waals surface area contributed by atoms with Crippen molar-refractivity contribution in [1.29, 1.82) is 0 Å². The molecule has 1 fully saturated rings. The Morgan fingerprint density at radius 3 is 2.39 bits per heavy atom. The van der Waals surface area contributed by atoms with Crippen molar-refractivity contribution in [2.75, 3.05) is 0 Å². The first-order chi connectivity index (χ1) is 13.1. The summed E-state index contributed by atoms with van der Waals surface area (Å²) in [5, 5.41) is 9.78. The van der Waals surface area contributed by atoms with Crippen molar-refractivity contribution < 1.29 is 32.3 Å². The molecule has 0 aromatic heterocycles. The molecule has 0 saturated heterocycles. The Kier molecular flexibility index (Phi) is 5.47. The SMILES string of the molecule is CC1(C)C(C(=O)OCc2cccc(Oc3ccccc3)c2)C1C(O)S(=O)(=O)O. The largest absolute Gasteiger partial charge is 0.461 e. The number of hydrogen-bond acceptors (Lipinski definition) is 6. The Morgan fingerprint density at radius 1 is 1.11 bits per heavy atom. The Labute approximate surface area is 163 Å². The summed E-state index contributed by atoms with van der Waals surface area (Å²) in [5.41, 5.74) is -2.10. The molecule has 7 nitrogen and oxygen atoms in total. The molecule has 1 saturated carbocycles. The van der Waals surface area contributed by atoms with E-state index in [1.807, 2.05) is 30.3 Å². The Bertz CT molecular complexity index is 954. The number of aliphatic hydroxyl groups is 1. The summed E-state index contributed by atoms with van der Waals surface area (Å²) >= 11 is 0. The minimum atomic E-state index is -4.65. The van der Waals surface area contributed by atoms with Crippen molar-refractivity contribution in [3.8, 4) is 11.5 Å². The first kappa shape index (κ1) is 20.3. The standard InChI is InChI=1S/C20H22O7S/c1-20(2)16(17(20)19(22)28(23,24)25)18(21)26-12-13-7-6-10-15(11-13)27-14-8-4-3-5-9-14/h3-11,16-17,19,22H,12H2,1-2H3,(H,23,24,25).